The molecule has 0 aromatic rings. The molecule has 0 saturated carbocycles. The second-order valence-corrected chi connectivity index (χ2v) is 11.5. The summed E-state index contributed by atoms with van der Waals surface area (Å²) in [6.07, 6.45) is 8.63. The SMILES string of the molecule is CCCCCCOC([SiH3])(OC)C(OC)(OC)N(CC)C(OC)(OC)C([SiH3])(OC)OCCCCCC. The number of likely N-dealkylation sites (N-methyl/N-ethyl adjacent to an activating group) is 1. The molecule has 35 heavy (non-hydrogen) atoms. The van der Waals surface area contributed by atoms with Gasteiger partial charge in [-0.2, -0.15) is 4.90 Å². The van der Waals surface area contributed by atoms with Gasteiger partial charge in [-0.25, -0.2) is 0 Å². The van der Waals surface area contributed by atoms with E-state index in [0.29, 0.717) is 40.2 Å². The van der Waals surface area contributed by atoms with Crippen molar-refractivity contribution < 1.29 is 37.9 Å². The summed E-state index contributed by atoms with van der Waals surface area (Å²) >= 11 is 0. The van der Waals surface area contributed by atoms with E-state index in [1.807, 2.05) is 11.8 Å². The zero-order chi connectivity index (χ0) is 27.0. The average molecular weight is 542 g/mol. The van der Waals surface area contributed by atoms with Gasteiger partial charge in [-0.15, -0.1) is 0 Å². The molecule has 0 aliphatic heterocycles. The average Bonchev–Trinajstić information content (AvgIpc) is 2.88. The highest BCUT2D eigenvalue weighted by Crippen LogP contribution is 2.43. The summed E-state index contributed by atoms with van der Waals surface area (Å²) in [4.78, 5) is 1.81. The minimum Gasteiger partial charge on any atom is -0.352 e. The first-order valence-electron chi connectivity index (χ1n) is 13.0. The molecule has 0 aliphatic rings. The van der Waals surface area contributed by atoms with E-state index in [0.717, 1.165) is 51.4 Å². The van der Waals surface area contributed by atoms with Crippen LogP contribution >= 0.6 is 0 Å². The first-order valence-corrected chi connectivity index (χ1v) is 15.0. The van der Waals surface area contributed by atoms with Crippen molar-refractivity contribution in [1.29, 1.82) is 0 Å². The van der Waals surface area contributed by atoms with Crippen LogP contribution in [0.4, 0.5) is 0 Å². The van der Waals surface area contributed by atoms with Gasteiger partial charge in [0.25, 0.3) is 11.8 Å². The van der Waals surface area contributed by atoms with Crippen LogP contribution in [-0.4, -0.2) is 110 Å². The molecule has 0 spiro atoms. The fraction of sp³-hybridized carbons (Fsp3) is 1.00. The van der Waals surface area contributed by atoms with Gasteiger partial charge in [-0.05, 0) is 12.8 Å². The molecule has 0 N–H and O–H groups in total. The van der Waals surface area contributed by atoms with Gasteiger partial charge in [0.2, 0.25) is 10.8 Å². The fourth-order valence-corrected chi connectivity index (χ4v) is 6.36. The Hall–Kier alpha value is 0.0738. The summed E-state index contributed by atoms with van der Waals surface area (Å²) in [6, 6.07) is 0. The molecule has 2 unspecified atom stereocenters. The Morgan fingerprint density at radius 3 is 1.09 bits per heavy atom. The van der Waals surface area contributed by atoms with Crippen LogP contribution in [0.15, 0.2) is 0 Å². The monoisotopic (exact) mass is 541 g/mol. The molecular formula is C24H55NO8Si2. The number of rotatable bonds is 23. The highest BCUT2D eigenvalue weighted by atomic mass is 28.2. The highest BCUT2D eigenvalue weighted by molar-refractivity contribution is 6.14. The van der Waals surface area contributed by atoms with Crippen LogP contribution in [0.1, 0.15) is 72.1 Å². The summed E-state index contributed by atoms with van der Waals surface area (Å²) in [6.45, 7) is 7.77. The molecule has 0 aromatic heterocycles. The molecular weight excluding hydrogens is 486 g/mol. The Bertz CT molecular complexity index is 496. The molecule has 0 heterocycles. The Balaban J connectivity index is 6.36. The van der Waals surface area contributed by atoms with Gasteiger partial charge in [0.15, 0.2) is 0 Å². The largest absolute Gasteiger partial charge is 0.352 e. The normalized spacial score (nSPS) is 16.6. The maximum atomic E-state index is 6.38. The van der Waals surface area contributed by atoms with Gasteiger partial charge in [-0.1, -0.05) is 59.3 Å². The van der Waals surface area contributed by atoms with E-state index < -0.39 is 22.6 Å². The summed E-state index contributed by atoms with van der Waals surface area (Å²) < 4.78 is 49.2. The van der Waals surface area contributed by atoms with Crippen molar-refractivity contribution in [3.8, 4) is 0 Å². The van der Waals surface area contributed by atoms with Gasteiger partial charge < -0.3 is 37.9 Å². The van der Waals surface area contributed by atoms with Crippen molar-refractivity contribution >= 4 is 20.5 Å². The van der Waals surface area contributed by atoms with Crippen LogP contribution in [0.2, 0.25) is 0 Å². The Morgan fingerprint density at radius 2 is 0.857 bits per heavy atom. The third-order valence-electron chi connectivity index (χ3n) is 6.81. The van der Waals surface area contributed by atoms with Gasteiger partial charge in [0.05, 0.1) is 20.5 Å². The first kappa shape index (κ1) is 35.1. The van der Waals surface area contributed by atoms with Crippen molar-refractivity contribution in [3.63, 3.8) is 0 Å². The van der Waals surface area contributed by atoms with Crippen LogP contribution in [0.3, 0.4) is 0 Å². The molecule has 0 rings (SSSR count). The van der Waals surface area contributed by atoms with E-state index in [1.165, 1.54) is 0 Å². The highest BCUT2D eigenvalue weighted by Gasteiger charge is 2.67. The van der Waals surface area contributed by atoms with Gasteiger partial charge >= 0.3 is 0 Å². The molecule has 0 saturated heterocycles. The molecule has 0 bridgehead atoms. The van der Waals surface area contributed by atoms with Crippen molar-refractivity contribution in [3.05, 3.63) is 0 Å². The van der Waals surface area contributed by atoms with E-state index in [1.54, 1.807) is 42.7 Å². The third-order valence-corrected chi connectivity index (χ3v) is 9.47. The second-order valence-electron chi connectivity index (χ2n) is 8.84. The molecule has 0 fully saturated rings. The molecule has 212 valence electrons. The predicted molar refractivity (Wildman–Crippen MR) is 145 cm³/mol. The maximum Gasteiger partial charge on any atom is 0.285 e. The molecule has 0 aromatic carbocycles. The predicted octanol–water partition coefficient (Wildman–Crippen LogP) is 1.73. The number of methoxy groups -OCH3 is 6. The standard InChI is InChI=1S/C24H55NO8Si2/c1-10-13-15-17-19-32-23(34,30-8)21(26-4,27-5)25(12-3)22(28-6,29-7)24(35,31-9)33-20-18-16-14-11-2/h10-20H2,1-9,34-35H3. The summed E-state index contributed by atoms with van der Waals surface area (Å²) in [5.41, 5.74) is -2.39. The van der Waals surface area contributed by atoms with Crippen LogP contribution in [0.5, 0.6) is 0 Å². The number of ether oxygens (including phenoxy) is 8. The Morgan fingerprint density at radius 1 is 0.514 bits per heavy atom. The number of hydrogen-bond donors (Lipinski definition) is 0. The lowest BCUT2D eigenvalue weighted by Crippen LogP contribution is -2.80. The minimum absolute atomic E-state index is 0.405. The summed E-state index contributed by atoms with van der Waals surface area (Å²) in [5.74, 6) is -3.00. The minimum atomic E-state index is -1.50. The van der Waals surface area contributed by atoms with Crippen LogP contribution < -0.4 is 0 Å². The lowest BCUT2D eigenvalue weighted by molar-refractivity contribution is -0.502. The molecule has 2 atom stereocenters. The molecule has 9 nitrogen and oxygen atoms in total. The van der Waals surface area contributed by atoms with Crippen molar-refractivity contribution in [2.24, 2.45) is 0 Å². The maximum absolute atomic E-state index is 6.38. The van der Waals surface area contributed by atoms with Crippen molar-refractivity contribution in [2.45, 2.75) is 94.8 Å². The zero-order valence-electron chi connectivity index (χ0n) is 24.5. The van der Waals surface area contributed by atoms with E-state index in [4.69, 9.17) is 37.9 Å². The third kappa shape index (κ3) is 8.03. The number of nitrogens with zero attached hydrogens (tertiary/aromatic N) is 1. The van der Waals surface area contributed by atoms with E-state index >= 15 is 0 Å². The quantitative estimate of drug-likeness (QED) is 0.109. The Kier molecular flexibility index (Phi) is 17.6. The van der Waals surface area contributed by atoms with Crippen LogP contribution in [0.25, 0.3) is 0 Å². The van der Waals surface area contributed by atoms with Crippen molar-refractivity contribution in [2.75, 3.05) is 62.4 Å². The smallest absolute Gasteiger partial charge is 0.285 e. The van der Waals surface area contributed by atoms with Crippen LogP contribution in [0, 0.1) is 0 Å². The van der Waals surface area contributed by atoms with E-state index in [9.17, 15) is 0 Å². The number of unbranched alkanes of at least 4 members (excludes halogenated alkanes) is 6. The lowest BCUT2D eigenvalue weighted by atomic mass is 10.2. The Labute approximate surface area is 220 Å². The second kappa shape index (κ2) is 17.6. The molecule has 0 radical (unpaired) electrons. The molecule has 11 heteroatoms. The molecule has 0 amide bonds. The van der Waals surface area contributed by atoms with E-state index in [-0.39, 0.29) is 0 Å². The van der Waals surface area contributed by atoms with Crippen LogP contribution in [-0.2, 0) is 37.9 Å². The van der Waals surface area contributed by atoms with E-state index in [2.05, 4.69) is 13.8 Å². The fourth-order valence-electron chi connectivity index (χ4n) is 4.60. The van der Waals surface area contributed by atoms with Crippen molar-refractivity contribution in [1.82, 2.24) is 4.90 Å². The summed E-state index contributed by atoms with van der Waals surface area (Å²) in [5, 5.41) is 0. The topological polar surface area (TPSA) is 77.1 Å². The van der Waals surface area contributed by atoms with Gasteiger partial charge in [0.1, 0.15) is 0 Å². The summed E-state index contributed by atoms with van der Waals surface area (Å²) in [7, 11) is 10.4. The van der Waals surface area contributed by atoms with Gasteiger partial charge in [-0.3, -0.25) is 0 Å². The lowest BCUT2D eigenvalue weighted by Gasteiger charge is -2.58. The number of hydrogen-bond acceptors (Lipinski definition) is 9. The van der Waals surface area contributed by atoms with Gasteiger partial charge in [0, 0.05) is 62.4 Å². The molecule has 0 aliphatic carbocycles. The zero-order valence-corrected chi connectivity index (χ0v) is 28.5. The first-order chi connectivity index (χ1) is 16.7.